The first-order valence-corrected chi connectivity index (χ1v) is 6.93. The molecule has 19 heavy (non-hydrogen) atoms. The molecule has 1 aliphatic carbocycles. The lowest BCUT2D eigenvalue weighted by molar-refractivity contribution is 0.0489. The summed E-state index contributed by atoms with van der Waals surface area (Å²) < 4.78 is 5.50. The van der Waals surface area contributed by atoms with Crippen LogP contribution in [0.3, 0.4) is 0 Å². The van der Waals surface area contributed by atoms with Crippen molar-refractivity contribution in [2.45, 2.75) is 38.7 Å². The van der Waals surface area contributed by atoms with E-state index in [1.807, 2.05) is 31.2 Å². The molecule has 0 saturated heterocycles. The van der Waals surface area contributed by atoms with Gasteiger partial charge in [-0.05, 0) is 44.9 Å². The summed E-state index contributed by atoms with van der Waals surface area (Å²) in [5.74, 6) is 0.303. The van der Waals surface area contributed by atoms with E-state index in [0.717, 1.165) is 30.5 Å². The fourth-order valence-electron chi connectivity index (χ4n) is 2.52. The van der Waals surface area contributed by atoms with Crippen molar-refractivity contribution in [2.75, 3.05) is 11.9 Å². The number of anilines is 1. The van der Waals surface area contributed by atoms with Gasteiger partial charge in [-0.15, -0.1) is 0 Å². The molecule has 0 aromatic heterocycles. The lowest BCUT2D eigenvalue weighted by Gasteiger charge is -2.30. The van der Waals surface area contributed by atoms with Gasteiger partial charge in [0, 0.05) is 11.6 Å². The van der Waals surface area contributed by atoms with E-state index in [2.05, 4.69) is 5.32 Å². The Hall–Kier alpha value is -1.55. The van der Waals surface area contributed by atoms with Crippen LogP contribution in [0.1, 0.15) is 31.2 Å². The van der Waals surface area contributed by atoms with E-state index in [9.17, 15) is 4.79 Å². The van der Waals surface area contributed by atoms with Crippen LogP contribution in [0.2, 0.25) is 0 Å². The van der Waals surface area contributed by atoms with E-state index >= 15 is 0 Å². The number of carbonyl (C=O) groups is 1. The van der Waals surface area contributed by atoms with Gasteiger partial charge in [-0.25, -0.2) is 4.79 Å². The van der Waals surface area contributed by atoms with Crippen molar-refractivity contribution < 1.29 is 9.53 Å². The smallest absolute Gasteiger partial charge is 0.411 e. The summed E-state index contributed by atoms with van der Waals surface area (Å²) in [6.45, 7) is 2.60. The number of nitrogens with two attached hydrogens (primary N) is 1. The van der Waals surface area contributed by atoms with E-state index in [4.69, 9.17) is 10.5 Å². The molecule has 0 spiro atoms. The molecule has 1 aromatic rings. The van der Waals surface area contributed by atoms with E-state index < -0.39 is 0 Å². The van der Waals surface area contributed by atoms with Gasteiger partial charge in [0.2, 0.25) is 0 Å². The van der Waals surface area contributed by atoms with Crippen LogP contribution in [0.4, 0.5) is 10.5 Å². The number of nitrogens with one attached hydrogen (secondary N) is 1. The van der Waals surface area contributed by atoms with Crippen LogP contribution in [-0.4, -0.2) is 18.7 Å². The van der Waals surface area contributed by atoms with Gasteiger partial charge in [0.15, 0.2) is 0 Å². The van der Waals surface area contributed by atoms with Crippen molar-refractivity contribution in [1.82, 2.24) is 0 Å². The van der Waals surface area contributed by atoms with Crippen molar-refractivity contribution in [3.8, 4) is 0 Å². The highest BCUT2D eigenvalue weighted by Crippen LogP contribution is 2.26. The fraction of sp³-hybridized carbons (Fsp3) is 0.533. The Morgan fingerprint density at radius 2 is 2.00 bits per heavy atom. The summed E-state index contributed by atoms with van der Waals surface area (Å²) in [5.41, 5.74) is 7.65. The van der Waals surface area contributed by atoms with Gasteiger partial charge in [-0.2, -0.15) is 0 Å². The highest BCUT2D eigenvalue weighted by molar-refractivity contribution is 5.84. The molecule has 2 atom stereocenters. The summed E-state index contributed by atoms with van der Waals surface area (Å²) in [7, 11) is 0. The molecule has 0 radical (unpaired) electrons. The van der Waals surface area contributed by atoms with Gasteiger partial charge in [-0.1, -0.05) is 24.1 Å². The molecule has 1 amide bonds. The lowest BCUT2D eigenvalue weighted by Crippen LogP contribution is -2.35. The first-order chi connectivity index (χ1) is 9.19. The molecule has 0 bridgehead atoms. The van der Waals surface area contributed by atoms with Crippen molar-refractivity contribution >= 4 is 11.8 Å². The molecule has 0 aliphatic heterocycles. The van der Waals surface area contributed by atoms with Crippen molar-refractivity contribution in [2.24, 2.45) is 11.7 Å². The number of rotatable bonds is 3. The first kappa shape index (κ1) is 13.9. The zero-order valence-electron chi connectivity index (χ0n) is 11.4. The van der Waals surface area contributed by atoms with Crippen LogP contribution >= 0.6 is 0 Å². The van der Waals surface area contributed by atoms with E-state index in [-0.39, 0.29) is 12.2 Å². The normalized spacial score (nSPS) is 22.8. The number of amides is 1. The monoisotopic (exact) mass is 262 g/mol. The molecule has 4 nitrogen and oxygen atoms in total. The highest BCUT2D eigenvalue weighted by Gasteiger charge is 2.27. The predicted molar refractivity (Wildman–Crippen MR) is 76.1 cm³/mol. The van der Waals surface area contributed by atoms with E-state index in [1.165, 1.54) is 6.42 Å². The Bertz CT molecular complexity index is 417. The molecule has 3 N–H and O–H groups in total. The van der Waals surface area contributed by atoms with Crippen LogP contribution in [0.25, 0.3) is 0 Å². The third-order valence-electron chi connectivity index (χ3n) is 3.70. The average Bonchev–Trinajstić information content (AvgIpc) is 2.42. The molecule has 1 fully saturated rings. The molecule has 0 heterocycles. The second kappa shape index (κ2) is 6.57. The predicted octanol–water partition coefficient (Wildman–Crippen LogP) is 3.06. The topological polar surface area (TPSA) is 64.3 Å². The van der Waals surface area contributed by atoms with Crippen LogP contribution < -0.4 is 11.1 Å². The van der Waals surface area contributed by atoms with Crippen LogP contribution in [0.5, 0.6) is 0 Å². The third-order valence-corrected chi connectivity index (χ3v) is 3.70. The Morgan fingerprint density at radius 3 is 2.68 bits per heavy atom. The standard InChI is InChI=1S/C15H22N2O2/c1-11-6-8-13(9-7-11)17-15(18)19-14-5-3-2-4-12(14)10-16/h6-9,12,14H,2-5,10,16H2,1H3,(H,17,18). The van der Waals surface area contributed by atoms with Gasteiger partial charge >= 0.3 is 6.09 Å². The second-order valence-corrected chi connectivity index (χ2v) is 5.22. The Labute approximate surface area is 114 Å². The maximum Gasteiger partial charge on any atom is 0.411 e. The van der Waals surface area contributed by atoms with Crippen LogP contribution in [0.15, 0.2) is 24.3 Å². The minimum Gasteiger partial charge on any atom is -0.446 e. The zero-order valence-corrected chi connectivity index (χ0v) is 11.4. The van der Waals surface area contributed by atoms with Gasteiger partial charge in [0.05, 0.1) is 0 Å². The third kappa shape index (κ3) is 3.96. The van der Waals surface area contributed by atoms with Crippen molar-refractivity contribution in [3.05, 3.63) is 29.8 Å². The summed E-state index contributed by atoms with van der Waals surface area (Å²) in [4.78, 5) is 11.9. The molecule has 4 heteroatoms. The zero-order chi connectivity index (χ0) is 13.7. The SMILES string of the molecule is Cc1ccc(NC(=O)OC2CCCCC2CN)cc1. The number of ether oxygens (including phenoxy) is 1. The Balaban J connectivity index is 1.88. The van der Waals surface area contributed by atoms with Gasteiger partial charge in [-0.3, -0.25) is 5.32 Å². The number of aryl methyl sites for hydroxylation is 1. The molecule has 1 aliphatic rings. The molecular weight excluding hydrogens is 240 g/mol. The Morgan fingerprint density at radius 1 is 1.32 bits per heavy atom. The van der Waals surface area contributed by atoms with Crippen molar-refractivity contribution in [1.29, 1.82) is 0 Å². The average molecular weight is 262 g/mol. The number of hydrogen-bond acceptors (Lipinski definition) is 3. The molecule has 2 unspecified atom stereocenters. The number of benzene rings is 1. The number of carbonyl (C=O) groups excluding carboxylic acids is 1. The van der Waals surface area contributed by atoms with Gasteiger partial charge in [0.25, 0.3) is 0 Å². The fourth-order valence-corrected chi connectivity index (χ4v) is 2.52. The highest BCUT2D eigenvalue weighted by atomic mass is 16.6. The minimum atomic E-state index is -0.380. The summed E-state index contributed by atoms with van der Waals surface area (Å²) in [6, 6.07) is 7.66. The maximum atomic E-state index is 11.9. The Kier molecular flexibility index (Phi) is 4.80. The molecule has 1 saturated carbocycles. The summed E-state index contributed by atoms with van der Waals surface area (Å²) in [5, 5.41) is 2.76. The second-order valence-electron chi connectivity index (χ2n) is 5.22. The summed E-state index contributed by atoms with van der Waals surface area (Å²) in [6.07, 6.45) is 3.85. The lowest BCUT2D eigenvalue weighted by atomic mass is 9.86. The molecular formula is C15H22N2O2. The van der Waals surface area contributed by atoms with Crippen LogP contribution in [0, 0.1) is 12.8 Å². The minimum absolute atomic E-state index is 0.0378. The van der Waals surface area contributed by atoms with E-state index in [0.29, 0.717) is 12.5 Å². The van der Waals surface area contributed by atoms with Gasteiger partial charge in [0.1, 0.15) is 6.10 Å². The number of hydrogen-bond donors (Lipinski definition) is 2. The molecule has 1 aromatic carbocycles. The molecule has 104 valence electrons. The first-order valence-electron chi connectivity index (χ1n) is 6.93. The molecule has 2 rings (SSSR count). The van der Waals surface area contributed by atoms with Gasteiger partial charge < -0.3 is 10.5 Å². The van der Waals surface area contributed by atoms with Crippen molar-refractivity contribution in [3.63, 3.8) is 0 Å². The largest absolute Gasteiger partial charge is 0.446 e. The summed E-state index contributed by atoms with van der Waals surface area (Å²) >= 11 is 0. The quantitative estimate of drug-likeness (QED) is 0.880. The van der Waals surface area contributed by atoms with Crippen LogP contribution in [-0.2, 0) is 4.74 Å². The maximum absolute atomic E-state index is 11.9. The van der Waals surface area contributed by atoms with E-state index in [1.54, 1.807) is 0 Å².